The smallest absolute Gasteiger partial charge is 0.255 e. The Morgan fingerprint density at radius 2 is 2.07 bits per heavy atom. The van der Waals surface area contributed by atoms with Crippen molar-refractivity contribution >= 4 is 5.91 Å². The van der Waals surface area contributed by atoms with Gasteiger partial charge in [0.15, 0.2) is 5.82 Å². The van der Waals surface area contributed by atoms with Gasteiger partial charge in [-0.05, 0) is 45.0 Å². The van der Waals surface area contributed by atoms with Gasteiger partial charge in [0.05, 0.1) is 36.6 Å². The largest absolute Gasteiger partial charge is 0.378 e. The summed E-state index contributed by atoms with van der Waals surface area (Å²) < 4.78 is 5.67. The van der Waals surface area contributed by atoms with E-state index in [-0.39, 0.29) is 18.0 Å². The van der Waals surface area contributed by atoms with Crippen LogP contribution in [0.4, 0.5) is 0 Å². The van der Waals surface area contributed by atoms with Gasteiger partial charge in [0.1, 0.15) is 0 Å². The van der Waals surface area contributed by atoms with Gasteiger partial charge in [0.25, 0.3) is 5.91 Å². The van der Waals surface area contributed by atoms with Crippen LogP contribution < -0.4 is 5.32 Å². The highest BCUT2D eigenvalue weighted by Gasteiger charge is 2.35. The Hall–Kier alpha value is -2.38. The number of rotatable bonds is 4. The van der Waals surface area contributed by atoms with Gasteiger partial charge in [0.2, 0.25) is 0 Å². The van der Waals surface area contributed by atoms with E-state index in [1.807, 2.05) is 19.1 Å². The number of carbonyl (C=O) groups excluding carboxylic acids is 1. The van der Waals surface area contributed by atoms with Crippen LogP contribution in [0.25, 0.3) is 11.4 Å². The Labute approximate surface area is 159 Å². The van der Waals surface area contributed by atoms with Crippen LogP contribution >= 0.6 is 0 Å². The van der Waals surface area contributed by atoms with Crippen LogP contribution in [0.15, 0.2) is 30.7 Å². The molecule has 142 valence electrons. The number of amides is 1. The van der Waals surface area contributed by atoms with Crippen molar-refractivity contribution in [1.29, 1.82) is 0 Å². The zero-order valence-electron chi connectivity index (χ0n) is 15.6. The number of aromatic nitrogens is 3. The highest BCUT2D eigenvalue weighted by molar-refractivity contribution is 5.95. The Bertz CT molecular complexity index is 792. The summed E-state index contributed by atoms with van der Waals surface area (Å²) in [5.74, 6) is 0.440. The number of hydrogen-bond acceptors (Lipinski definition) is 6. The van der Waals surface area contributed by atoms with Gasteiger partial charge in [-0.15, -0.1) is 0 Å². The van der Waals surface area contributed by atoms with Crippen molar-refractivity contribution < 1.29 is 9.53 Å². The Morgan fingerprint density at radius 3 is 2.81 bits per heavy atom. The molecule has 2 aliphatic heterocycles. The predicted molar refractivity (Wildman–Crippen MR) is 101 cm³/mol. The van der Waals surface area contributed by atoms with Crippen molar-refractivity contribution in [2.24, 2.45) is 0 Å². The lowest BCUT2D eigenvalue weighted by Crippen LogP contribution is -2.52. The van der Waals surface area contributed by atoms with Crippen molar-refractivity contribution in [3.05, 3.63) is 42.0 Å². The second kappa shape index (κ2) is 8.10. The van der Waals surface area contributed by atoms with Crippen molar-refractivity contribution in [3.63, 3.8) is 0 Å². The summed E-state index contributed by atoms with van der Waals surface area (Å²) >= 11 is 0. The zero-order valence-corrected chi connectivity index (χ0v) is 15.6. The lowest BCUT2D eigenvalue weighted by atomic mass is 10.0. The zero-order chi connectivity index (χ0) is 18.6. The summed E-state index contributed by atoms with van der Waals surface area (Å²) in [4.78, 5) is 28.2. The number of aryl methyl sites for hydroxylation is 1. The minimum absolute atomic E-state index is 0.00741. The molecule has 0 aromatic carbocycles. The van der Waals surface area contributed by atoms with Crippen LogP contribution in [-0.4, -0.2) is 64.1 Å². The molecule has 0 unspecified atom stereocenters. The van der Waals surface area contributed by atoms with Crippen LogP contribution in [0, 0.1) is 6.92 Å². The van der Waals surface area contributed by atoms with E-state index in [4.69, 9.17) is 4.74 Å². The number of carbonyl (C=O) groups is 1. The molecule has 0 saturated carbocycles. The normalized spacial score (nSPS) is 23.3. The molecular formula is C20H25N5O2. The number of pyridine rings is 1. The first-order chi connectivity index (χ1) is 13.2. The molecule has 0 bridgehead atoms. The fourth-order valence-electron chi connectivity index (χ4n) is 3.86. The molecular weight excluding hydrogens is 342 g/mol. The standard InChI is InChI=1S/C20H25N5O2/c1-14-16(11-22-19(23-14)15-6-5-7-21-10-15)20(26)24-17-12-27-13-18(17)25-8-3-2-4-9-25/h5-7,10-11,17-18H,2-4,8-9,12-13H2,1H3,(H,24,26)/t17-,18-/m0/s1. The first kappa shape index (κ1) is 18.0. The van der Waals surface area contributed by atoms with E-state index >= 15 is 0 Å². The van der Waals surface area contributed by atoms with Gasteiger partial charge < -0.3 is 10.1 Å². The van der Waals surface area contributed by atoms with Crippen molar-refractivity contribution in [2.75, 3.05) is 26.3 Å². The summed E-state index contributed by atoms with van der Waals surface area (Å²) in [5.41, 5.74) is 2.00. The van der Waals surface area contributed by atoms with Gasteiger partial charge >= 0.3 is 0 Å². The summed E-state index contributed by atoms with van der Waals surface area (Å²) in [5, 5.41) is 3.14. The minimum Gasteiger partial charge on any atom is -0.378 e. The molecule has 2 fully saturated rings. The summed E-state index contributed by atoms with van der Waals surface area (Å²) in [6.45, 7) is 5.25. The van der Waals surface area contributed by atoms with Crippen LogP contribution in [-0.2, 0) is 4.74 Å². The van der Waals surface area contributed by atoms with E-state index in [1.165, 1.54) is 19.3 Å². The monoisotopic (exact) mass is 367 g/mol. The van der Waals surface area contributed by atoms with E-state index < -0.39 is 0 Å². The SMILES string of the molecule is Cc1nc(-c2cccnc2)ncc1C(=O)N[C@H]1COC[C@@H]1N1CCCCC1. The fraction of sp³-hybridized carbons (Fsp3) is 0.500. The van der Waals surface area contributed by atoms with Gasteiger partial charge in [0, 0.05) is 24.2 Å². The first-order valence-electron chi connectivity index (χ1n) is 9.59. The van der Waals surface area contributed by atoms with Gasteiger partial charge in [-0.3, -0.25) is 14.7 Å². The maximum absolute atomic E-state index is 12.8. The summed E-state index contributed by atoms with van der Waals surface area (Å²) in [6, 6.07) is 4.01. The molecule has 0 radical (unpaired) electrons. The third-order valence-electron chi connectivity index (χ3n) is 5.37. The van der Waals surface area contributed by atoms with Gasteiger partial charge in [-0.1, -0.05) is 6.42 Å². The van der Waals surface area contributed by atoms with E-state index in [0.717, 1.165) is 18.7 Å². The molecule has 2 aromatic rings. The lowest BCUT2D eigenvalue weighted by molar-refractivity contribution is 0.0898. The molecule has 7 nitrogen and oxygen atoms in total. The highest BCUT2D eigenvalue weighted by atomic mass is 16.5. The van der Waals surface area contributed by atoms with Crippen LogP contribution in [0.2, 0.25) is 0 Å². The molecule has 2 aliphatic rings. The minimum atomic E-state index is -0.136. The number of likely N-dealkylation sites (tertiary alicyclic amines) is 1. The van der Waals surface area contributed by atoms with Crippen molar-refractivity contribution in [2.45, 2.75) is 38.3 Å². The van der Waals surface area contributed by atoms with E-state index in [2.05, 4.69) is 25.2 Å². The Morgan fingerprint density at radius 1 is 1.22 bits per heavy atom. The van der Waals surface area contributed by atoms with Crippen LogP contribution in [0.3, 0.4) is 0 Å². The highest BCUT2D eigenvalue weighted by Crippen LogP contribution is 2.20. The molecule has 0 spiro atoms. The van der Waals surface area contributed by atoms with Crippen LogP contribution in [0.5, 0.6) is 0 Å². The number of nitrogens with one attached hydrogen (secondary N) is 1. The maximum Gasteiger partial charge on any atom is 0.255 e. The number of piperidine rings is 1. The van der Waals surface area contributed by atoms with Gasteiger partial charge in [-0.25, -0.2) is 9.97 Å². The first-order valence-corrected chi connectivity index (χ1v) is 9.59. The van der Waals surface area contributed by atoms with E-state index in [0.29, 0.717) is 30.3 Å². The molecule has 2 saturated heterocycles. The second-order valence-electron chi connectivity index (χ2n) is 7.22. The molecule has 1 amide bonds. The quantitative estimate of drug-likeness (QED) is 0.888. The Kier molecular flexibility index (Phi) is 5.40. The predicted octanol–water partition coefficient (Wildman–Crippen LogP) is 1.83. The summed E-state index contributed by atoms with van der Waals surface area (Å²) in [6.07, 6.45) is 8.76. The van der Waals surface area contributed by atoms with Crippen LogP contribution in [0.1, 0.15) is 35.3 Å². The topological polar surface area (TPSA) is 80.2 Å². The van der Waals surface area contributed by atoms with Crippen molar-refractivity contribution in [3.8, 4) is 11.4 Å². The maximum atomic E-state index is 12.8. The lowest BCUT2D eigenvalue weighted by Gasteiger charge is -2.34. The Balaban J connectivity index is 1.46. The summed E-state index contributed by atoms with van der Waals surface area (Å²) in [7, 11) is 0. The molecule has 27 heavy (non-hydrogen) atoms. The van der Waals surface area contributed by atoms with Crippen molar-refractivity contribution in [1.82, 2.24) is 25.2 Å². The average Bonchev–Trinajstić information content (AvgIpc) is 3.17. The third kappa shape index (κ3) is 3.99. The molecule has 2 atom stereocenters. The fourth-order valence-corrected chi connectivity index (χ4v) is 3.86. The molecule has 4 rings (SSSR count). The third-order valence-corrected chi connectivity index (χ3v) is 5.37. The van der Waals surface area contributed by atoms with E-state index in [1.54, 1.807) is 18.6 Å². The number of nitrogens with zero attached hydrogens (tertiary/aromatic N) is 4. The average molecular weight is 367 g/mol. The molecule has 1 N–H and O–H groups in total. The second-order valence-corrected chi connectivity index (χ2v) is 7.22. The molecule has 0 aliphatic carbocycles. The van der Waals surface area contributed by atoms with E-state index in [9.17, 15) is 4.79 Å². The molecule has 4 heterocycles. The molecule has 2 aromatic heterocycles. The van der Waals surface area contributed by atoms with Gasteiger partial charge in [-0.2, -0.15) is 0 Å². The number of ether oxygens (including phenoxy) is 1. The molecule has 7 heteroatoms. The number of hydrogen-bond donors (Lipinski definition) is 1.